The minimum absolute atomic E-state index is 0.0101. The van der Waals surface area contributed by atoms with Gasteiger partial charge >= 0.3 is 0 Å². The highest BCUT2D eigenvalue weighted by Gasteiger charge is 2.35. The molecular weight excluding hydrogens is 468 g/mol. The fourth-order valence-corrected chi connectivity index (χ4v) is 6.97. The van der Waals surface area contributed by atoms with Crippen LogP contribution in [-0.2, 0) is 5.41 Å². The van der Waals surface area contributed by atoms with Crippen LogP contribution < -0.4 is 0 Å². The minimum atomic E-state index is 0.0101. The molecule has 0 saturated carbocycles. The standard InChI is InChI=1S/C39H34/c1-23-15-17-32-34(19-23)37(27-16-18-36-33(22-27)29-11-9-10-14-35(29)39(36,5)6)30-12-7-8-13-31(30)38(32)28-20-24(2)26(4)25(3)21-28/h7-22H,1-6H3. The van der Waals surface area contributed by atoms with Crippen molar-refractivity contribution in [3.8, 4) is 33.4 Å². The monoisotopic (exact) mass is 502 g/mol. The van der Waals surface area contributed by atoms with E-state index in [4.69, 9.17) is 0 Å². The van der Waals surface area contributed by atoms with E-state index in [2.05, 4.69) is 139 Å². The van der Waals surface area contributed by atoms with E-state index in [0.717, 1.165) is 0 Å². The number of benzene rings is 6. The molecule has 7 rings (SSSR count). The highest BCUT2D eigenvalue weighted by atomic mass is 14.4. The molecule has 6 aromatic rings. The molecule has 0 radical (unpaired) electrons. The Kier molecular flexibility index (Phi) is 5.16. The van der Waals surface area contributed by atoms with Gasteiger partial charge in [-0.05, 0) is 117 Å². The van der Waals surface area contributed by atoms with Gasteiger partial charge in [-0.3, -0.25) is 0 Å². The lowest BCUT2D eigenvalue weighted by molar-refractivity contribution is 0.660. The zero-order valence-electron chi connectivity index (χ0n) is 23.7. The molecule has 0 spiro atoms. The third kappa shape index (κ3) is 3.44. The van der Waals surface area contributed by atoms with E-state index >= 15 is 0 Å². The smallest absolute Gasteiger partial charge is 0.0158 e. The SMILES string of the molecule is Cc1ccc2c(-c3cc(C)c(C)c(C)c3)c3ccccc3c(-c3ccc4c(c3)-c3ccccc3C4(C)C)c2c1. The van der Waals surface area contributed by atoms with Crippen molar-refractivity contribution in [1.82, 2.24) is 0 Å². The van der Waals surface area contributed by atoms with Gasteiger partial charge in [0, 0.05) is 5.41 Å². The molecule has 0 N–H and O–H groups in total. The lowest BCUT2D eigenvalue weighted by atomic mass is 9.81. The average molecular weight is 503 g/mol. The Morgan fingerprint density at radius 3 is 1.77 bits per heavy atom. The molecule has 1 aliphatic carbocycles. The molecule has 6 aromatic carbocycles. The molecule has 0 aromatic heterocycles. The largest absolute Gasteiger partial charge is 0.0619 e. The Morgan fingerprint density at radius 2 is 1.05 bits per heavy atom. The van der Waals surface area contributed by atoms with Crippen LogP contribution in [0.4, 0.5) is 0 Å². The van der Waals surface area contributed by atoms with Crippen molar-refractivity contribution >= 4 is 21.5 Å². The summed E-state index contributed by atoms with van der Waals surface area (Å²) in [7, 11) is 0. The second kappa shape index (κ2) is 8.42. The highest BCUT2D eigenvalue weighted by Crippen LogP contribution is 2.51. The third-order valence-corrected chi connectivity index (χ3v) is 9.27. The van der Waals surface area contributed by atoms with Gasteiger partial charge in [0.05, 0.1) is 0 Å². The van der Waals surface area contributed by atoms with Crippen LogP contribution in [0.1, 0.15) is 47.2 Å². The maximum atomic E-state index is 2.45. The van der Waals surface area contributed by atoms with Crippen molar-refractivity contribution in [2.45, 2.75) is 47.0 Å². The lowest BCUT2D eigenvalue weighted by Gasteiger charge is -2.22. The van der Waals surface area contributed by atoms with Crippen LogP contribution in [0, 0.1) is 27.7 Å². The summed E-state index contributed by atoms with van der Waals surface area (Å²) in [5.41, 5.74) is 16.2. The second-order valence-electron chi connectivity index (χ2n) is 12.0. The number of hydrogen-bond acceptors (Lipinski definition) is 0. The van der Waals surface area contributed by atoms with Crippen LogP contribution >= 0.6 is 0 Å². The molecule has 0 atom stereocenters. The summed E-state index contributed by atoms with van der Waals surface area (Å²) in [6.07, 6.45) is 0. The van der Waals surface area contributed by atoms with E-state index in [1.807, 2.05) is 0 Å². The first-order chi connectivity index (χ1) is 18.8. The van der Waals surface area contributed by atoms with Crippen LogP contribution in [0.3, 0.4) is 0 Å². The zero-order valence-corrected chi connectivity index (χ0v) is 23.7. The van der Waals surface area contributed by atoms with Gasteiger partial charge in [0.1, 0.15) is 0 Å². The van der Waals surface area contributed by atoms with Crippen LogP contribution in [0.5, 0.6) is 0 Å². The summed E-state index contributed by atoms with van der Waals surface area (Å²) in [6.45, 7) is 13.6. The molecule has 0 unspecified atom stereocenters. The Hall–Kier alpha value is -4.16. The van der Waals surface area contributed by atoms with Crippen molar-refractivity contribution in [2.24, 2.45) is 0 Å². The van der Waals surface area contributed by atoms with E-state index in [1.54, 1.807) is 0 Å². The van der Waals surface area contributed by atoms with E-state index in [0.29, 0.717) is 0 Å². The predicted octanol–water partition coefficient (Wildman–Crippen LogP) is 10.9. The molecule has 0 saturated heterocycles. The maximum Gasteiger partial charge on any atom is 0.0158 e. The van der Waals surface area contributed by atoms with Gasteiger partial charge in [0.15, 0.2) is 0 Å². The van der Waals surface area contributed by atoms with Crippen molar-refractivity contribution in [3.05, 3.63) is 130 Å². The molecule has 190 valence electrons. The molecule has 0 heteroatoms. The first-order valence-corrected chi connectivity index (χ1v) is 14.0. The van der Waals surface area contributed by atoms with Crippen molar-refractivity contribution < 1.29 is 0 Å². The molecule has 0 aliphatic heterocycles. The molecular formula is C39H34. The van der Waals surface area contributed by atoms with Crippen LogP contribution in [0.25, 0.3) is 54.9 Å². The van der Waals surface area contributed by atoms with E-state index in [-0.39, 0.29) is 5.41 Å². The van der Waals surface area contributed by atoms with Gasteiger partial charge in [-0.15, -0.1) is 0 Å². The molecule has 1 aliphatic rings. The topological polar surface area (TPSA) is 0 Å². The Balaban J connectivity index is 1.59. The van der Waals surface area contributed by atoms with Crippen LogP contribution in [-0.4, -0.2) is 0 Å². The van der Waals surface area contributed by atoms with E-state index in [1.165, 1.54) is 88.3 Å². The molecule has 0 amide bonds. The second-order valence-corrected chi connectivity index (χ2v) is 12.0. The fraction of sp³-hybridized carbons (Fsp3) is 0.179. The quantitative estimate of drug-likeness (QED) is 0.207. The Morgan fingerprint density at radius 1 is 0.462 bits per heavy atom. The van der Waals surface area contributed by atoms with Crippen molar-refractivity contribution in [2.75, 3.05) is 0 Å². The summed E-state index contributed by atoms with van der Waals surface area (Å²) in [6, 6.07) is 36.8. The summed E-state index contributed by atoms with van der Waals surface area (Å²) in [4.78, 5) is 0. The Labute approximate surface area is 232 Å². The summed E-state index contributed by atoms with van der Waals surface area (Å²) < 4.78 is 0. The zero-order chi connectivity index (χ0) is 27.1. The average Bonchev–Trinajstić information content (AvgIpc) is 3.16. The molecule has 0 nitrogen and oxygen atoms in total. The number of rotatable bonds is 2. The van der Waals surface area contributed by atoms with Crippen LogP contribution in [0.2, 0.25) is 0 Å². The van der Waals surface area contributed by atoms with Gasteiger partial charge < -0.3 is 0 Å². The summed E-state index contributed by atoms with van der Waals surface area (Å²) in [5, 5.41) is 5.27. The lowest BCUT2D eigenvalue weighted by Crippen LogP contribution is -2.14. The Bertz CT molecular complexity index is 1940. The van der Waals surface area contributed by atoms with Gasteiger partial charge in [-0.25, -0.2) is 0 Å². The van der Waals surface area contributed by atoms with Gasteiger partial charge in [-0.1, -0.05) is 110 Å². The number of aryl methyl sites for hydroxylation is 3. The van der Waals surface area contributed by atoms with E-state index in [9.17, 15) is 0 Å². The first-order valence-electron chi connectivity index (χ1n) is 14.0. The first kappa shape index (κ1) is 23.9. The van der Waals surface area contributed by atoms with Crippen LogP contribution in [0.15, 0.2) is 97.1 Å². The van der Waals surface area contributed by atoms with Gasteiger partial charge in [-0.2, -0.15) is 0 Å². The highest BCUT2D eigenvalue weighted by molar-refractivity contribution is 6.21. The number of hydrogen-bond donors (Lipinski definition) is 0. The predicted molar refractivity (Wildman–Crippen MR) is 169 cm³/mol. The molecule has 0 fully saturated rings. The fourth-order valence-electron chi connectivity index (χ4n) is 6.97. The minimum Gasteiger partial charge on any atom is -0.0619 e. The van der Waals surface area contributed by atoms with Gasteiger partial charge in [0.25, 0.3) is 0 Å². The molecule has 0 heterocycles. The van der Waals surface area contributed by atoms with Gasteiger partial charge in [0.2, 0.25) is 0 Å². The third-order valence-electron chi connectivity index (χ3n) is 9.27. The summed E-state index contributed by atoms with van der Waals surface area (Å²) >= 11 is 0. The van der Waals surface area contributed by atoms with Crippen molar-refractivity contribution in [1.29, 1.82) is 0 Å². The molecule has 0 bridgehead atoms. The maximum absolute atomic E-state index is 2.45. The van der Waals surface area contributed by atoms with Crippen molar-refractivity contribution in [3.63, 3.8) is 0 Å². The normalized spacial score (nSPS) is 13.6. The summed E-state index contributed by atoms with van der Waals surface area (Å²) in [5.74, 6) is 0. The number of fused-ring (bicyclic) bond motifs is 5. The molecule has 39 heavy (non-hydrogen) atoms. The van der Waals surface area contributed by atoms with E-state index < -0.39 is 0 Å².